The first-order chi connectivity index (χ1) is 10.1. The number of aromatic hydroxyl groups is 1. The van der Waals surface area contributed by atoms with Gasteiger partial charge in [-0.1, -0.05) is 12.0 Å². The Bertz CT molecular complexity index is 735. The normalized spacial score (nSPS) is 9.62. The largest absolute Gasteiger partial charge is 0.507 e. The van der Waals surface area contributed by atoms with E-state index >= 15 is 0 Å². The molecule has 1 amide bonds. The Balaban J connectivity index is 2.21. The van der Waals surface area contributed by atoms with Crippen molar-refractivity contribution in [2.75, 3.05) is 11.9 Å². The molecule has 0 aliphatic carbocycles. The maximum Gasteiger partial charge on any atom is 0.260 e. The summed E-state index contributed by atoms with van der Waals surface area (Å²) in [6.07, 6.45) is 0. The molecule has 2 rings (SSSR count). The van der Waals surface area contributed by atoms with Crippen molar-refractivity contribution in [3.63, 3.8) is 0 Å². The summed E-state index contributed by atoms with van der Waals surface area (Å²) in [6, 6.07) is 9.90. The van der Waals surface area contributed by atoms with Gasteiger partial charge in [0.1, 0.15) is 17.3 Å². The van der Waals surface area contributed by atoms with Crippen molar-refractivity contribution < 1.29 is 9.90 Å². The topological polar surface area (TPSA) is 88.2 Å². The number of hydrogen-bond acceptors (Lipinski definition) is 4. The molecule has 106 valence electrons. The van der Waals surface area contributed by atoms with Crippen LogP contribution in [0.1, 0.15) is 16.1 Å². The smallest absolute Gasteiger partial charge is 0.260 e. The molecular weight excluding hydrogens is 381 g/mol. The second kappa shape index (κ2) is 7.06. The fraction of sp³-hybridized carbons (Fsp3) is 0.0667. The van der Waals surface area contributed by atoms with Crippen LogP contribution in [0, 0.1) is 15.4 Å². The van der Waals surface area contributed by atoms with E-state index in [0.717, 1.165) is 3.57 Å². The summed E-state index contributed by atoms with van der Waals surface area (Å²) < 4.78 is 0.853. The zero-order valence-electron chi connectivity index (χ0n) is 10.9. The molecule has 0 saturated carbocycles. The molecule has 0 spiro atoms. The van der Waals surface area contributed by atoms with Crippen molar-refractivity contribution >= 4 is 34.3 Å². The molecule has 0 saturated heterocycles. The third-order valence-corrected chi connectivity index (χ3v) is 3.18. The summed E-state index contributed by atoms with van der Waals surface area (Å²) in [7, 11) is 0. The standard InChI is InChI=1S/C15H12IN3O2/c16-10-6-7-13(20)12(9-10)15(21)19-14-5-1-3-11(18-14)4-2-8-17/h1,3,5-7,9,20H,8,17H2,(H,18,19,21). The number of nitrogens with two attached hydrogens (primary N) is 1. The molecule has 0 unspecified atom stereocenters. The summed E-state index contributed by atoms with van der Waals surface area (Å²) in [6.45, 7) is 0.245. The van der Waals surface area contributed by atoms with Gasteiger partial charge in [-0.3, -0.25) is 4.79 Å². The van der Waals surface area contributed by atoms with Crippen LogP contribution in [0.2, 0.25) is 0 Å². The van der Waals surface area contributed by atoms with Gasteiger partial charge in [0.2, 0.25) is 0 Å². The number of carbonyl (C=O) groups is 1. The van der Waals surface area contributed by atoms with E-state index in [-0.39, 0.29) is 17.9 Å². The molecule has 0 atom stereocenters. The predicted molar refractivity (Wildman–Crippen MR) is 88.9 cm³/mol. The van der Waals surface area contributed by atoms with Gasteiger partial charge in [0.15, 0.2) is 0 Å². The van der Waals surface area contributed by atoms with E-state index in [0.29, 0.717) is 11.5 Å². The molecule has 0 aliphatic rings. The zero-order chi connectivity index (χ0) is 15.2. The molecule has 1 aromatic carbocycles. The molecule has 0 radical (unpaired) electrons. The molecule has 21 heavy (non-hydrogen) atoms. The van der Waals surface area contributed by atoms with Gasteiger partial charge in [0.05, 0.1) is 12.1 Å². The third-order valence-electron chi connectivity index (χ3n) is 2.51. The Morgan fingerprint density at radius 2 is 2.19 bits per heavy atom. The number of benzene rings is 1. The monoisotopic (exact) mass is 393 g/mol. The minimum Gasteiger partial charge on any atom is -0.507 e. The fourth-order valence-corrected chi connectivity index (χ4v) is 2.08. The highest BCUT2D eigenvalue weighted by Crippen LogP contribution is 2.20. The first-order valence-electron chi connectivity index (χ1n) is 6.06. The minimum atomic E-state index is -0.428. The number of carbonyl (C=O) groups excluding carboxylic acids is 1. The van der Waals surface area contributed by atoms with E-state index in [2.05, 4.69) is 44.7 Å². The maximum atomic E-state index is 12.1. The summed E-state index contributed by atoms with van der Waals surface area (Å²) in [5.74, 6) is 5.34. The molecule has 1 aromatic heterocycles. The highest BCUT2D eigenvalue weighted by Gasteiger charge is 2.12. The van der Waals surface area contributed by atoms with Gasteiger partial charge in [-0.05, 0) is 58.8 Å². The van der Waals surface area contributed by atoms with Crippen LogP contribution in [-0.2, 0) is 0 Å². The Kier molecular flexibility index (Phi) is 5.14. The van der Waals surface area contributed by atoms with E-state index in [1.807, 2.05) is 0 Å². The molecule has 0 fully saturated rings. The van der Waals surface area contributed by atoms with Gasteiger partial charge in [-0.15, -0.1) is 0 Å². The quantitative estimate of drug-likeness (QED) is 0.538. The van der Waals surface area contributed by atoms with Crippen LogP contribution in [0.3, 0.4) is 0 Å². The average Bonchev–Trinajstić information content (AvgIpc) is 2.48. The maximum absolute atomic E-state index is 12.1. The summed E-state index contributed by atoms with van der Waals surface area (Å²) in [5, 5.41) is 12.4. The first kappa shape index (κ1) is 15.3. The van der Waals surface area contributed by atoms with Gasteiger partial charge in [-0.2, -0.15) is 0 Å². The van der Waals surface area contributed by atoms with Gasteiger partial charge in [0.25, 0.3) is 5.91 Å². The first-order valence-corrected chi connectivity index (χ1v) is 7.14. The Labute approximate surface area is 135 Å². The van der Waals surface area contributed by atoms with E-state index in [1.165, 1.54) is 6.07 Å². The molecule has 0 aliphatic heterocycles. The number of aromatic nitrogens is 1. The van der Waals surface area contributed by atoms with Crippen LogP contribution < -0.4 is 11.1 Å². The Morgan fingerprint density at radius 1 is 1.38 bits per heavy atom. The lowest BCUT2D eigenvalue weighted by molar-refractivity contribution is 0.102. The van der Waals surface area contributed by atoms with Crippen LogP contribution in [-0.4, -0.2) is 22.5 Å². The van der Waals surface area contributed by atoms with Crippen LogP contribution in [0.5, 0.6) is 5.75 Å². The van der Waals surface area contributed by atoms with Crippen molar-refractivity contribution in [2.45, 2.75) is 0 Å². The van der Waals surface area contributed by atoms with Crippen molar-refractivity contribution in [3.8, 4) is 17.6 Å². The molecule has 0 bridgehead atoms. The number of halogens is 1. The number of rotatable bonds is 2. The highest BCUT2D eigenvalue weighted by atomic mass is 127. The number of amides is 1. The van der Waals surface area contributed by atoms with Crippen LogP contribution in [0.15, 0.2) is 36.4 Å². The second-order valence-electron chi connectivity index (χ2n) is 4.03. The van der Waals surface area contributed by atoms with Gasteiger partial charge < -0.3 is 16.2 Å². The number of hydrogen-bond donors (Lipinski definition) is 3. The van der Waals surface area contributed by atoms with Gasteiger partial charge >= 0.3 is 0 Å². The third kappa shape index (κ3) is 4.18. The highest BCUT2D eigenvalue weighted by molar-refractivity contribution is 14.1. The lowest BCUT2D eigenvalue weighted by atomic mass is 10.2. The lowest BCUT2D eigenvalue weighted by Crippen LogP contribution is -2.13. The number of phenols is 1. The minimum absolute atomic E-state index is 0.0769. The Morgan fingerprint density at radius 3 is 2.95 bits per heavy atom. The van der Waals surface area contributed by atoms with Crippen LogP contribution in [0.25, 0.3) is 0 Å². The zero-order valence-corrected chi connectivity index (χ0v) is 13.1. The van der Waals surface area contributed by atoms with Gasteiger partial charge in [-0.25, -0.2) is 4.98 Å². The van der Waals surface area contributed by atoms with E-state index in [4.69, 9.17) is 5.73 Å². The van der Waals surface area contributed by atoms with Crippen molar-refractivity contribution in [1.29, 1.82) is 0 Å². The van der Waals surface area contributed by atoms with Crippen molar-refractivity contribution in [3.05, 3.63) is 51.2 Å². The SMILES string of the molecule is NCC#Cc1cccc(NC(=O)c2cc(I)ccc2O)n1. The fourth-order valence-electron chi connectivity index (χ4n) is 1.59. The predicted octanol–water partition coefficient (Wildman–Crippen LogP) is 1.95. The van der Waals surface area contributed by atoms with E-state index < -0.39 is 5.91 Å². The number of pyridine rings is 1. The van der Waals surface area contributed by atoms with Crippen molar-refractivity contribution in [2.24, 2.45) is 5.73 Å². The molecule has 5 nitrogen and oxygen atoms in total. The lowest BCUT2D eigenvalue weighted by Gasteiger charge is -2.07. The van der Waals surface area contributed by atoms with Gasteiger partial charge in [0, 0.05) is 3.57 Å². The van der Waals surface area contributed by atoms with E-state index in [1.54, 1.807) is 30.3 Å². The van der Waals surface area contributed by atoms with Crippen LogP contribution in [0.4, 0.5) is 5.82 Å². The molecule has 6 heteroatoms. The summed E-state index contributed by atoms with van der Waals surface area (Å²) in [4.78, 5) is 16.3. The Hall–Kier alpha value is -2.11. The molecule has 4 N–H and O–H groups in total. The summed E-state index contributed by atoms with van der Waals surface area (Å²) in [5.41, 5.74) is 6.02. The number of phenolic OH excluding ortho intramolecular Hbond substituents is 1. The number of nitrogens with one attached hydrogen (secondary N) is 1. The average molecular weight is 393 g/mol. The second-order valence-corrected chi connectivity index (χ2v) is 5.28. The summed E-state index contributed by atoms with van der Waals surface area (Å²) >= 11 is 2.07. The molecular formula is C15H12IN3O2. The number of anilines is 1. The molecule has 1 heterocycles. The van der Waals surface area contributed by atoms with Crippen LogP contribution >= 0.6 is 22.6 Å². The van der Waals surface area contributed by atoms with E-state index in [9.17, 15) is 9.90 Å². The number of nitrogens with zero attached hydrogens (tertiary/aromatic N) is 1. The molecule has 2 aromatic rings. The van der Waals surface area contributed by atoms with Crippen molar-refractivity contribution in [1.82, 2.24) is 4.98 Å².